The van der Waals surface area contributed by atoms with Gasteiger partial charge in [0, 0.05) is 12.0 Å². The molecule has 1 heterocycles. The van der Waals surface area contributed by atoms with Gasteiger partial charge in [0.15, 0.2) is 0 Å². The van der Waals surface area contributed by atoms with E-state index in [-0.39, 0.29) is 11.6 Å². The standard InChI is InChI=1S/C26H22F3N5O2S/c1-16-8-7-11-18(14-16)23-33-34-25(37-23)32-22(35)21(15-17-9-3-2-4-10-17)31-24(36)30-20-13-6-5-12-19(20)26(27,28)29/h2-14,21H,15H2,1H3,(H2,30,31,36)(H,32,34,35). The van der Waals surface area contributed by atoms with Gasteiger partial charge < -0.3 is 10.6 Å². The van der Waals surface area contributed by atoms with Crippen molar-refractivity contribution in [3.05, 3.63) is 95.6 Å². The number of aryl methyl sites for hydroxylation is 1. The Morgan fingerprint density at radius 3 is 2.38 bits per heavy atom. The van der Waals surface area contributed by atoms with Gasteiger partial charge in [0.25, 0.3) is 0 Å². The summed E-state index contributed by atoms with van der Waals surface area (Å²) in [6.07, 6.45) is -4.55. The van der Waals surface area contributed by atoms with Gasteiger partial charge >= 0.3 is 12.2 Å². The highest BCUT2D eigenvalue weighted by atomic mass is 32.1. The molecule has 4 aromatic rings. The van der Waals surface area contributed by atoms with Gasteiger partial charge in [-0.2, -0.15) is 13.2 Å². The van der Waals surface area contributed by atoms with Crippen LogP contribution in [0.1, 0.15) is 16.7 Å². The van der Waals surface area contributed by atoms with E-state index in [1.54, 1.807) is 30.3 Å². The number of para-hydroxylation sites is 1. The van der Waals surface area contributed by atoms with Crippen LogP contribution in [0.5, 0.6) is 0 Å². The molecule has 0 saturated carbocycles. The second kappa shape index (κ2) is 11.2. The maximum Gasteiger partial charge on any atom is 0.418 e. The van der Waals surface area contributed by atoms with Gasteiger partial charge in [-0.1, -0.05) is 77.6 Å². The fourth-order valence-corrected chi connectivity index (χ4v) is 4.32. The molecule has 0 aliphatic rings. The molecule has 1 aromatic heterocycles. The number of nitrogens with one attached hydrogen (secondary N) is 3. The maximum atomic E-state index is 13.3. The van der Waals surface area contributed by atoms with Gasteiger partial charge in [-0.05, 0) is 30.7 Å². The molecular formula is C26H22F3N5O2S. The summed E-state index contributed by atoms with van der Waals surface area (Å²) in [5, 5.41) is 16.3. The molecular weight excluding hydrogens is 503 g/mol. The molecule has 0 spiro atoms. The number of aromatic nitrogens is 2. The summed E-state index contributed by atoms with van der Waals surface area (Å²) in [6, 6.07) is 19.1. The number of anilines is 2. The van der Waals surface area contributed by atoms with Crippen molar-refractivity contribution < 1.29 is 22.8 Å². The Balaban J connectivity index is 1.50. The summed E-state index contributed by atoms with van der Waals surface area (Å²) in [5.74, 6) is -0.588. The van der Waals surface area contributed by atoms with Crippen molar-refractivity contribution in [3.8, 4) is 10.6 Å². The Morgan fingerprint density at radius 2 is 1.65 bits per heavy atom. The lowest BCUT2D eigenvalue weighted by Gasteiger charge is -2.19. The minimum atomic E-state index is -4.66. The van der Waals surface area contributed by atoms with E-state index in [0.717, 1.165) is 28.8 Å². The minimum absolute atomic E-state index is 0.102. The molecule has 3 amide bonds. The summed E-state index contributed by atoms with van der Waals surface area (Å²) < 4.78 is 40.0. The molecule has 0 radical (unpaired) electrons. The number of carbonyl (C=O) groups excluding carboxylic acids is 2. The summed E-state index contributed by atoms with van der Waals surface area (Å²) in [4.78, 5) is 25.8. The smallest absolute Gasteiger partial charge is 0.326 e. The molecule has 1 unspecified atom stereocenters. The molecule has 0 aliphatic carbocycles. The van der Waals surface area contributed by atoms with Crippen molar-refractivity contribution in [2.75, 3.05) is 10.6 Å². The average molecular weight is 526 g/mol. The fourth-order valence-electron chi connectivity index (χ4n) is 3.58. The van der Waals surface area contributed by atoms with Crippen LogP contribution < -0.4 is 16.0 Å². The summed E-state index contributed by atoms with van der Waals surface area (Å²) in [7, 11) is 0. The first-order chi connectivity index (χ1) is 17.7. The first-order valence-corrected chi connectivity index (χ1v) is 12.0. The number of halogens is 3. The highest BCUT2D eigenvalue weighted by molar-refractivity contribution is 7.18. The lowest BCUT2D eigenvalue weighted by Crippen LogP contribution is -2.47. The van der Waals surface area contributed by atoms with E-state index in [0.29, 0.717) is 5.01 Å². The SMILES string of the molecule is Cc1cccc(-c2nnc(NC(=O)C(Cc3ccccc3)NC(=O)Nc3ccccc3C(F)(F)F)s2)c1. The number of urea groups is 1. The third-order valence-electron chi connectivity index (χ3n) is 5.31. The summed E-state index contributed by atoms with van der Waals surface area (Å²) >= 11 is 1.17. The van der Waals surface area contributed by atoms with Crippen LogP contribution in [-0.4, -0.2) is 28.2 Å². The quantitative estimate of drug-likeness (QED) is 0.280. The number of rotatable bonds is 7. The largest absolute Gasteiger partial charge is 0.418 e. The zero-order chi connectivity index (χ0) is 26.4. The monoisotopic (exact) mass is 525 g/mol. The zero-order valence-electron chi connectivity index (χ0n) is 19.5. The van der Waals surface area contributed by atoms with Gasteiger partial charge in [0.1, 0.15) is 11.0 Å². The normalized spacial score (nSPS) is 12.0. The number of carbonyl (C=O) groups is 2. The number of hydrogen-bond donors (Lipinski definition) is 3. The van der Waals surface area contributed by atoms with Gasteiger partial charge in [0.2, 0.25) is 11.0 Å². The van der Waals surface area contributed by atoms with Crippen LogP contribution in [0.4, 0.5) is 28.8 Å². The van der Waals surface area contributed by atoms with E-state index in [4.69, 9.17) is 0 Å². The van der Waals surface area contributed by atoms with Crippen LogP contribution in [0.2, 0.25) is 0 Å². The highest BCUT2D eigenvalue weighted by Gasteiger charge is 2.34. The van der Waals surface area contributed by atoms with Gasteiger partial charge in [0.05, 0.1) is 11.3 Å². The molecule has 0 fully saturated rings. The number of alkyl halides is 3. The van der Waals surface area contributed by atoms with Crippen molar-refractivity contribution in [1.29, 1.82) is 0 Å². The topological polar surface area (TPSA) is 96.0 Å². The maximum absolute atomic E-state index is 13.3. The minimum Gasteiger partial charge on any atom is -0.326 e. The third kappa shape index (κ3) is 6.91. The van der Waals surface area contributed by atoms with Gasteiger partial charge in [-0.3, -0.25) is 10.1 Å². The van der Waals surface area contributed by atoms with Gasteiger partial charge in [-0.15, -0.1) is 10.2 Å². The van der Waals surface area contributed by atoms with Crippen LogP contribution >= 0.6 is 11.3 Å². The molecule has 0 aliphatic heterocycles. The van der Waals surface area contributed by atoms with E-state index in [1.165, 1.54) is 23.5 Å². The molecule has 11 heteroatoms. The van der Waals surface area contributed by atoms with Crippen molar-refractivity contribution >= 4 is 34.1 Å². The summed E-state index contributed by atoms with van der Waals surface area (Å²) in [6.45, 7) is 1.95. The molecule has 1 atom stereocenters. The first kappa shape index (κ1) is 25.8. The van der Waals surface area contributed by atoms with E-state index in [9.17, 15) is 22.8 Å². The Kier molecular flexibility index (Phi) is 7.83. The van der Waals surface area contributed by atoms with Crippen molar-refractivity contribution in [1.82, 2.24) is 15.5 Å². The molecule has 3 N–H and O–H groups in total. The van der Waals surface area contributed by atoms with Crippen LogP contribution in [-0.2, 0) is 17.4 Å². The molecule has 7 nitrogen and oxygen atoms in total. The summed E-state index contributed by atoms with van der Waals surface area (Å²) in [5.41, 5.74) is 1.23. The lowest BCUT2D eigenvalue weighted by molar-refractivity contribution is -0.137. The van der Waals surface area contributed by atoms with E-state index >= 15 is 0 Å². The predicted octanol–water partition coefficient (Wildman–Crippen LogP) is 5.90. The Morgan fingerprint density at radius 1 is 0.919 bits per heavy atom. The van der Waals surface area contributed by atoms with Crippen LogP contribution in [0, 0.1) is 6.92 Å². The molecule has 37 heavy (non-hydrogen) atoms. The second-order valence-electron chi connectivity index (χ2n) is 8.16. The lowest BCUT2D eigenvalue weighted by atomic mass is 10.1. The number of benzene rings is 3. The Bertz CT molecular complexity index is 1390. The van der Waals surface area contributed by atoms with Crippen molar-refractivity contribution in [3.63, 3.8) is 0 Å². The molecule has 0 bridgehead atoms. The van der Waals surface area contributed by atoms with Crippen LogP contribution in [0.3, 0.4) is 0 Å². The average Bonchev–Trinajstić information content (AvgIpc) is 3.32. The number of hydrogen-bond acceptors (Lipinski definition) is 5. The predicted molar refractivity (Wildman–Crippen MR) is 136 cm³/mol. The van der Waals surface area contributed by atoms with Crippen LogP contribution in [0.25, 0.3) is 10.6 Å². The highest BCUT2D eigenvalue weighted by Crippen LogP contribution is 2.34. The van der Waals surface area contributed by atoms with E-state index in [1.807, 2.05) is 31.2 Å². The Labute approximate surface area is 214 Å². The van der Waals surface area contributed by atoms with Crippen LogP contribution in [0.15, 0.2) is 78.9 Å². The zero-order valence-corrected chi connectivity index (χ0v) is 20.4. The second-order valence-corrected chi connectivity index (χ2v) is 9.13. The van der Waals surface area contributed by atoms with E-state index < -0.39 is 35.4 Å². The molecule has 4 rings (SSSR count). The van der Waals surface area contributed by atoms with Crippen molar-refractivity contribution in [2.24, 2.45) is 0 Å². The first-order valence-electron chi connectivity index (χ1n) is 11.2. The van der Waals surface area contributed by atoms with E-state index in [2.05, 4.69) is 26.1 Å². The molecule has 0 saturated heterocycles. The number of amides is 3. The molecule has 3 aromatic carbocycles. The number of nitrogens with zero attached hydrogens (tertiary/aromatic N) is 2. The Hall–Kier alpha value is -4.25. The molecule has 190 valence electrons. The van der Waals surface area contributed by atoms with Crippen molar-refractivity contribution in [2.45, 2.75) is 25.6 Å². The fraction of sp³-hybridized carbons (Fsp3) is 0.154. The third-order valence-corrected chi connectivity index (χ3v) is 6.19. The van der Waals surface area contributed by atoms with Gasteiger partial charge in [-0.25, -0.2) is 4.79 Å².